The van der Waals surface area contributed by atoms with Crippen molar-refractivity contribution in [3.8, 4) is 0 Å². The highest BCUT2D eigenvalue weighted by Gasteiger charge is 2.34. The molecule has 2 aliphatic heterocycles. The molecule has 2 aromatic rings. The normalized spacial score (nSPS) is 27.0. The Hall–Kier alpha value is -2.45. The van der Waals surface area contributed by atoms with Gasteiger partial charge in [0.1, 0.15) is 5.69 Å². The van der Waals surface area contributed by atoms with E-state index in [0.29, 0.717) is 37.3 Å². The molecule has 8 nitrogen and oxygen atoms in total. The maximum Gasteiger partial charge on any atom is 0.226 e. The standard InChI is InChI=1S/C23H32N4O4/c1-15-13-27(14-16(2)30-15)23(29)10-17-8-9-18(26(17)3)12-24-22(28)11-20-19-6-4-5-7-21(19)31-25-20/h4-7,15-18H,8-14H2,1-3H3,(H,24,28)/t15-,16+,17-,18+/m1/s1. The summed E-state index contributed by atoms with van der Waals surface area (Å²) >= 11 is 0. The third-order valence-corrected chi connectivity index (χ3v) is 6.48. The highest BCUT2D eigenvalue weighted by molar-refractivity contribution is 5.86. The Morgan fingerprint density at radius 1 is 1.13 bits per heavy atom. The van der Waals surface area contributed by atoms with E-state index in [1.54, 1.807) is 0 Å². The van der Waals surface area contributed by atoms with Gasteiger partial charge in [0.15, 0.2) is 5.58 Å². The number of likely N-dealkylation sites (N-methyl/N-ethyl adjacent to an activating group) is 1. The van der Waals surface area contributed by atoms with Crippen LogP contribution in [-0.2, 0) is 20.7 Å². The van der Waals surface area contributed by atoms with Crippen LogP contribution in [0.4, 0.5) is 0 Å². The first kappa shape index (κ1) is 21.8. The largest absolute Gasteiger partial charge is 0.372 e. The number of likely N-dealkylation sites (tertiary alicyclic amines) is 1. The van der Waals surface area contributed by atoms with Gasteiger partial charge in [-0.15, -0.1) is 0 Å². The number of rotatable bonds is 6. The molecule has 0 saturated carbocycles. The first-order chi connectivity index (χ1) is 14.9. The molecule has 0 spiro atoms. The lowest BCUT2D eigenvalue weighted by Crippen LogP contribution is -2.49. The summed E-state index contributed by atoms with van der Waals surface area (Å²) in [7, 11) is 2.05. The minimum atomic E-state index is -0.0664. The topological polar surface area (TPSA) is 87.9 Å². The predicted molar refractivity (Wildman–Crippen MR) is 117 cm³/mol. The molecule has 0 radical (unpaired) electrons. The summed E-state index contributed by atoms with van der Waals surface area (Å²) in [4.78, 5) is 29.4. The van der Waals surface area contributed by atoms with Gasteiger partial charge in [-0.2, -0.15) is 0 Å². The number of carbonyl (C=O) groups excluding carboxylic acids is 2. The Morgan fingerprint density at radius 3 is 2.61 bits per heavy atom. The first-order valence-corrected chi connectivity index (χ1v) is 11.2. The number of para-hydroxylation sites is 1. The van der Waals surface area contributed by atoms with Crippen LogP contribution in [-0.4, -0.2) is 77.7 Å². The Morgan fingerprint density at radius 2 is 1.84 bits per heavy atom. The van der Waals surface area contributed by atoms with Gasteiger partial charge in [0.2, 0.25) is 11.8 Å². The van der Waals surface area contributed by atoms with Gasteiger partial charge in [0.05, 0.1) is 18.6 Å². The Bertz CT molecular complexity index is 919. The fraction of sp³-hybridized carbons (Fsp3) is 0.609. The number of carbonyl (C=O) groups is 2. The van der Waals surface area contributed by atoms with Gasteiger partial charge in [-0.3, -0.25) is 14.5 Å². The molecule has 168 valence electrons. The Balaban J connectivity index is 1.25. The van der Waals surface area contributed by atoms with E-state index in [-0.39, 0.29) is 42.5 Å². The molecule has 1 aromatic carbocycles. The van der Waals surface area contributed by atoms with E-state index in [1.165, 1.54) is 0 Å². The number of nitrogens with one attached hydrogen (secondary N) is 1. The summed E-state index contributed by atoms with van der Waals surface area (Å²) in [6.45, 7) is 5.92. The van der Waals surface area contributed by atoms with E-state index < -0.39 is 0 Å². The zero-order valence-corrected chi connectivity index (χ0v) is 18.5. The van der Waals surface area contributed by atoms with Crippen molar-refractivity contribution in [1.29, 1.82) is 0 Å². The van der Waals surface area contributed by atoms with Crippen LogP contribution in [0.15, 0.2) is 28.8 Å². The smallest absolute Gasteiger partial charge is 0.226 e. The molecule has 0 aliphatic carbocycles. The number of ether oxygens (including phenoxy) is 1. The molecule has 4 atom stereocenters. The highest BCUT2D eigenvalue weighted by Crippen LogP contribution is 2.25. The molecule has 2 aliphatic rings. The van der Waals surface area contributed by atoms with Crippen LogP contribution >= 0.6 is 0 Å². The fourth-order valence-corrected chi connectivity index (χ4v) is 4.81. The van der Waals surface area contributed by atoms with Gasteiger partial charge in [0, 0.05) is 43.5 Å². The van der Waals surface area contributed by atoms with Gasteiger partial charge >= 0.3 is 0 Å². The van der Waals surface area contributed by atoms with Crippen LogP contribution < -0.4 is 5.32 Å². The van der Waals surface area contributed by atoms with Crippen molar-refractivity contribution < 1.29 is 18.8 Å². The number of hydrogen-bond donors (Lipinski definition) is 1. The molecule has 3 heterocycles. The maximum atomic E-state index is 12.8. The number of hydrogen-bond acceptors (Lipinski definition) is 6. The molecule has 8 heteroatoms. The molecule has 0 unspecified atom stereocenters. The molecule has 4 rings (SSSR count). The van der Waals surface area contributed by atoms with Gasteiger partial charge in [-0.1, -0.05) is 17.3 Å². The summed E-state index contributed by atoms with van der Waals surface area (Å²) in [5.74, 6) is 0.129. The molecule has 2 amide bonds. The van der Waals surface area contributed by atoms with E-state index in [0.717, 1.165) is 18.2 Å². The first-order valence-electron chi connectivity index (χ1n) is 11.2. The average molecular weight is 429 g/mol. The second-order valence-electron chi connectivity index (χ2n) is 8.92. The molecule has 31 heavy (non-hydrogen) atoms. The van der Waals surface area contributed by atoms with Crippen LogP contribution in [0.1, 0.15) is 38.8 Å². The van der Waals surface area contributed by atoms with Crippen molar-refractivity contribution in [2.24, 2.45) is 0 Å². The minimum absolute atomic E-state index is 0.0664. The third kappa shape index (κ3) is 5.07. The third-order valence-electron chi connectivity index (χ3n) is 6.48. The monoisotopic (exact) mass is 428 g/mol. The van der Waals surface area contributed by atoms with E-state index >= 15 is 0 Å². The molecule has 2 fully saturated rings. The van der Waals surface area contributed by atoms with E-state index in [9.17, 15) is 9.59 Å². The number of amides is 2. The maximum absolute atomic E-state index is 12.8. The van der Waals surface area contributed by atoms with Gasteiger partial charge in [-0.05, 0) is 45.9 Å². The summed E-state index contributed by atoms with van der Waals surface area (Å²) in [5, 5.41) is 7.94. The van der Waals surface area contributed by atoms with E-state index in [4.69, 9.17) is 9.26 Å². The van der Waals surface area contributed by atoms with Crippen LogP contribution in [0, 0.1) is 0 Å². The number of benzene rings is 1. The zero-order chi connectivity index (χ0) is 22.0. The molecule has 1 aromatic heterocycles. The van der Waals surface area contributed by atoms with Crippen molar-refractivity contribution in [3.05, 3.63) is 30.0 Å². The zero-order valence-electron chi connectivity index (χ0n) is 18.5. The molecule has 2 saturated heterocycles. The van der Waals surface area contributed by atoms with Crippen LogP contribution in [0.2, 0.25) is 0 Å². The SMILES string of the molecule is C[C@@H]1CN(C(=O)C[C@H]2CC[C@@H](CNC(=O)Cc3noc4ccccc34)N2C)C[C@H](C)O1. The van der Waals surface area contributed by atoms with E-state index in [2.05, 4.69) is 22.4 Å². The van der Waals surface area contributed by atoms with Gasteiger partial charge in [0.25, 0.3) is 0 Å². The van der Waals surface area contributed by atoms with Crippen molar-refractivity contribution in [1.82, 2.24) is 20.3 Å². The second kappa shape index (κ2) is 9.36. The van der Waals surface area contributed by atoms with Crippen LogP contribution in [0.5, 0.6) is 0 Å². The van der Waals surface area contributed by atoms with Gasteiger partial charge in [-0.25, -0.2) is 0 Å². The Labute approximate surface area is 182 Å². The number of fused-ring (bicyclic) bond motifs is 1. The van der Waals surface area contributed by atoms with Crippen molar-refractivity contribution in [3.63, 3.8) is 0 Å². The molecular formula is C23H32N4O4. The summed E-state index contributed by atoms with van der Waals surface area (Å²) < 4.78 is 11.0. The quantitative estimate of drug-likeness (QED) is 0.757. The summed E-state index contributed by atoms with van der Waals surface area (Å²) in [6.07, 6.45) is 2.82. The number of morpholine rings is 1. The van der Waals surface area contributed by atoms with Crippen molar-refractivity contribution in [2.75, 3.05) is 26.7 Å². The lowest BCUT2D eigenvalue weighted by atomic mass is 10.1. The van der Waals surface area contributed by atoms with Crippen LogP contribution in [0.3, 0.4) is 0 Å². The average Bonchev–Trinajstić information content (AvgIpc) is 3.29. The van der Waals surface area contributed by atoms with Crippen molar-refractivity contribution >= 4 is 22.8 Å². The van der Waals surface area contributed by atoms with Crippen molar-refractivity contribution in [2.45, 2.75) is 63.8 Å². The van der Waals surface area contributed by atoms with Crippen LogP contribution in [0.25, 0.3) is 11.0 Å². The fourth-order valence-electron chi connectivity index (χ4n) is 4.81. The van der Waals surface area contributed by atoms with E-state index in [1.807, 2.05) is 43.0 Å². The second-order valence-corrected chi connectivity index (χ2v) is 8.92. The number of nitrogens with zero attached hydrogens (tertiary/aromatic N) is 3. The predicted octanol–water partition coefficient (Wildman–Crippen LogP) is 1.98. The molecule has 0 bridgehead atoms. The van der Waals surface area contributed by atoms with Gasteiger partial charge < -0.3 is 19.5 Å². The highest BCUT2D eigenvalue weighted by atomic mass is 16.5. The Kier molecular flexibility index (Phi) is 6.57. The minimum Gasteiger partial charge on any atom is -0.372 e. The summed E-state index contributed by atoms with van der Waals surface area (Å²) in [5.41, 5.74) is 1.35. The lowest BCUT2D eigenvalue weighted by Gasteiger charge is -2.36. The number of aromatic nitrogens is 1. The molecule has 1 N–H and O–H groups in total. The lowest BCUT2D eigenvalue weighted by molar-refractivity contribution is -0.144. The molecular weight excluding hydrogens is 396 g/mol. The summed E-state index contributed by atoms with van der Waals surface area (Å²) in [6, 6.07) is 8.00.